The molecular weight excluding hydrogens is 576 g/mol. The third-order valence-corrected chi connectivity index (χ3v) is 9.39. The summed E-state index contributed by atoms with van der Waals surface area (Å²) in [4.78, 5) is 28.2. The number of halogens is 2. The van der Waals surface area contributed by atoms with Gasteiger partial charge in [-0.3, -0.25) is 14.7 Å². The molecule has 2 fully saturated rings. The fraction of sp³-hybridized carbons (Fsp3) is 0.452. The molecule has 206 valence electrons. The normalized spacial score (nSPS) is 18.9. The van der Waals surface area contributed by atoms with Gasteiger partial charge in [-0.15, -0.1) is 0 Å². The summed E-state index contributed by atoms with van der Waals surface area (Å²) in [5, 5.41) is 6.08. The van der Waals surface area contributed by atoms with Gasteiger partial charge in [0.2, 0.25) is 0 Å². The number of rotatable bonds is 6. The third-order valence-electron chi connectivity index (χ3n) is 8.46. The molecular formula is C31H36BrClN4O2. The van der Waals surface area contributed by atoms with Crippen molar-refractivity contribution in [3.63, 3.8) is 0 Å². The first-order valence-corrected chi connectivity index (χ1v) is 15.0. The number of carbonyl (C=O) groups is 1. The largest absolute Gasteiger partial charge is 0.396 e. The standard InChI is InChI=1S/C31H36BrClN4O2/c1-4-39-35-29(22-5-7-24(32)8-6-22)23-10-15-37(16-11-23)31(3)12-17-36(18-13-31)30(38)25-9-14-34-28-20-27(33)21(2)19-26(25)28/h5-9,14,19-20,23H,4,10-13,15-18H2,1-3H3/b35-29+. The molecule has 1 amide bonds. The fourth-order valence-corrected chi connectivity index (χ4v) is 6.37. The van der Waals surface area contributed by atoms with Crippen LogP contribution in [-0.4, -0.2) is 64.7 Å². The van der Waals surface area contributed by atoms with E-state index in [1.807, 2.05) is 36.9 Å². The number of hydrogen-bond acceptors (Lipinski definition) is 5. The number of hydrogen-bond donors (Lipinski definition) is 0. The maximum atomic E-state index is 13.6. The number of fused-ring (bicyclic) bond motifs is 1. The second kappa shape index (κ2) is 11.9. The molecule has 2 aliphatic rings. The van der Waals surface area contributed by atoms with E-state index < -0.39 is 0 Å². The lowest BCUT2D eigenvalue weighted by Gasteiger charge is -2.49. The Morgan fingerprint density at radius 1 is 1.13 bits per heavy atom. The van der Waals surface area contributed by atoms with Gasteiger partial charge < -0.3 is 9.74 Å². The number of aryl methyl sites for hydroxylation is 1. The van der Waals surface area contributed by atoms with Crippen LogP contribution in [0.3, 0.4) is 0 Å². The lowest BCUT2D eigenvalue weighted by atomic mass is 9.82. The zero-order valence-electron chi connectivity index (χ0n) is 22.9. The highest BCUT2D eigenvalue weighted by Crippen LogP contribution is 2.35. The Balaban J connectivity index is 1.23. The van der Waals surface area contributed by atoms with Crippen LogP contribution in [0.2, 0.25) is 5.02 Å². The van der Waals surface area contributed by atoms with E-state index in [9.17, 15) is 4.79 Å². The van der Waals surface area contributed by atoms with Gasteiger partial charge in [0.05, 0.1) is 16.8 Å². The lowest BCUT2D eigenvalue weighted by Crippen LogP contribution is -2.56. The molecule has 2 aromatic carbocycles. The van der Waals surface area contributed by atoms with Crippen molar-refractivity contribution in [2.45, 2.75) is 52.0 Å². The molecule has 0 saturated carbocycles. The van der Waals surface area contributed by atoms with Gasteiger partial charge in [-0.2, -0.15) is 0 Å². The Kier molecular flexibility index (Phi) is 8.60. The summed E-state index contributed by atoms with van der Waals surface area (Å²) >= 11 is 9.84. The Bertz CT molecular complexity index is 1360. The average Bonchev–Trinajstić information content (AvgIpc) is 2.95. The lowest BCUT2D eigenvalue weighted by molar-refractivity contribution is 0.0162. The Morgan fingerprint density at radius 2 is 1.82 bits per heavy atom. The second-order valence-corrected chi connectivity index (χ2v) is 12.3. The molecule has 0 unspecified atom stereocenters. The molecule has 0 spiro atoms. The molecule has 6 nitrogen and oxygen atoms in total. The molecule has 0 bridgehead atoms. The molecule has 2 saturated heterocycles. The molecule has 3 heterocycles. The van der Waals surface area contributed by atoms with Gasteiger partial charge in [0, 0.05) is 45.6 Å². The van der Waals surface area contributed by atoms with E-state index in [0.717, 1.165) is 84.1 Å². The first-order valence-electron chi connectivity index (χ1n) is 13.8. The maximum absolute atomic E-state index is 13.6. The smallest absolute Gasteiger partial charge is 0.254 e. The average molecular weight is 612 g/mol. The van der Waals surface area contributed by atoms with Crippen molar-refractivity contribution < 1.29 is 9.63 Å². The molecule has 0 aliphatic carbocycles. The quantitative estimate of drug-likeness (QED) is 0.220. The maximum Gasteiger partial charge on any atom is 0.254 e. The van der Waals surface area contributed by atoms with Crippen LogP contribution >= 0.6 is 27.5 Å². The highest BCUT2D eigenvalue weighted by atomic mass is 79.9. The summed E-state index contributed by atoms with van der Waals surface area (Å²) in [7, 11) is 0. The summed E-state index contributed by atoms with van der Waals surface area (Å²) in [5.74, 6) is 0.451. The van der Waals surface area contributed by atoms with E-state index in [1.54, 1.807) is 6.20 Å². The van der Waals surface area contributed by atoms with Crippen LogP contribution in [0, 0.1) is 12.8 Å². The molecule has 1 aromatic heterocycles. The summed E-state index contributed by atoms with van der Waals surface area (Å²) in [6.45, 7) is 10.4. The second-order valence-electron chi connectivity index (χ2n) is 10.9. The van der Waals surface area contributed by atoms with Gasteiger partial charge in [0.25, 0.3) is 5.91 Å². The highest BCUT2D eigenvalue weighted by molar-refractivity contribution is 9.10. The topological polar surface area (TPSA) is 58.0 Å². The van der Waals surface area contributed by atoms with E-state index in [2.05, 4.69) is 62.2 Å². The molecule has 2 aliphatic heterocycles. The predicted octanol–water partition coefficient (Wildman–Crippen LogP) is 7.11. The number of likely N-dealkylation sites (tertiary alicyclic amines) is 2. The van der Waals surface area contributed by atoms with Crippen LogP contribution in [0.1, 0.15) is 61.0 Å². The molecule has 3 aromatic rings. The Morgan fingerprint density at radius 3 is 2.49 bits per heavy atom. The van der Waals surface area contributed by atoms with E-state index in [4.69, 9.17) is 16.4 Å². The van der Waals surface area contributed by atoms with E-state index in [1.165, 1.54) is 0 Å². The Hall–Kier alpha value is -2.48. The molecule has 0 radical (unpaired) electrons. The number of pyridine rings is 1. The van der Waals surface area contributed by atoms with Crippen LogP contribution in [0.4, 0.5) is 0 Å². The van der Waals surface area contributed by atoms with Crippen molar-refractivity contribution in [1.29, 1.82) is 0 Å². The van der Waals surface area contributed by atoms with Gasteiger partial charge in [-0.05, 0) is 101 Å². The predicted molar refractivity (Wildman–Crippen MR) is 162 cm³/mol. The summed E-state index contributed by atoms with van der Waals surface area (Å²) in [6, 6.07) is 14.0. The van der Waals surface area contributed by atoms with Crippen LogP contribution in [-0.2, 0) is 4.84 Å². The summed E-state index contributed by atoms with van der Waals surface area (Å²) in [6.07, 6.45) is 5.72. The minimum Gasteiger partial charge on any atom is -0.396 e. The van der Waals surface area contributed by atoms with E-state index in [-0.39, 0.29) is 11.4 Å². The highest BCUT2D eigenvalue weighted by Gasteiger charge is 2.39. The number of aromatic nitrogens is 1. The van der Waals surface area contributed by atoms with Gasteiger partial charge in [-0.1, -0.05) is 44.8 Å². The molecule has 0 atom stereocenters. The number of benzene rings is 2. The van der Waals surface area contributed by atoms with Gasteiger partial charge >= 0.3 is 0 Å². The van der Waals surface area contributed by atoms with Crippen LogP contribution < -0.4 is 0 Å². The molecule has 5 rings (SSSR count). The minimum absolute atomic E-state index is 0.0798. The van der Waals surface area contributed by atoms with Crippen molar-refractivity contribution in [2.75, 3.05) is 32.8 Å². The molecule has 8 heteroatoms. The number of piperidine rings is 2. The third kappa shape index (κ3) is 6.01. The summed E-state index contributed by atoms with van der Waals surface area (Å²) < 4.78 is 1.06. The Labute approximate surface area is 244 Å². The number of oxime groups is 1. The molecule has 0 N–H and O–H groups in total. The zero-order valence-corrected chi connectivity index (χ0v) is 25.3. The number of nitrogens with zero attached hydrogens (tertiary/aromatic N) is 4. The fourth-order valence-electron chi connectivity index (χ4n) is 5.95. The molecule has 39 heavy (non-hydrogen) atoms. The van der Waals surface area contributed by atoms with Gasteiger partial charge in [-0.25, -0.2) is 0 Å². The van der Waals surface area contributed by atoms with Crippen LogP contribution in [0.15, 0.2) is 58.3 Å². The minimum atomic E-state index is 0.0798. The van der Waals surface area contributed by atoms with Crippen LogP contribution in [0.25, 0.3) is 10.9 Å². The van der Waals surface area contributed by atoms with Crippen molar-refractivity contribution in [2.24, 2.45) is 11.1 Å². The SMILES string of the molecule is CCO/N=C(\c1ccc(Br)cc1)C1CCN(C2(C)CCN(C(=O)c3ccnc4cc(Cl)c(C)cc34)CC2)CC1. The van der Waals surface area contributed by atoms with Crippen molar-refractivity contribution >= 4 is 50.1 Å². The van der Waals surface area contributed by atoms with Crippen molar-refractivity contribution in [3.8, 4) is 0 Å². The first kappa shape index (κ1) is 28.1. The van der Waals surface area contributed by atoms with Crippen LogP contribution in [0.5, 0.6) is 0 Å². The van der Waals surface area contributed by atoms with Gasteiger partial charge in [0.1, 0.15) is 6.61 Å². The number of carbonyl (C=O) groups excluding carboxylic acids is 1. The summed E-state index contributed by atoms with van der Waals surface area (Å²) in [5.41, 5.74) is 4.69. The monoisotopic (exact) mass is 610 g/mol. The van der Waals surface area contributed by atoms with Crippen molar-refractivity contribution in [1.82, 2.24) is 14.8 Å². The zero-order chi connectivity index (χ0) is 27.6. The number of amides is 1. The van der Waals surface area contributed by atoms with E-state index >= 15 is 0 Å². The van der Waals surface area contributed by atoms with Crippen molar-refractivity contribution in [3.05, 3.63) is 74.8 Å². The van der Waals surface area contributed by atoms with Gasteiger partial charge in [0.15, 0.2) is 0 Å². The first-order chi connectivity index (χ1) is 18.8. The van der Waals surface area contributed by atoms with E-state index in [0.29, 0.717) is 23.1 Å².